The van der Waals surface area contributed by atoms with E-state index in [9.17, 15) is 5.11 Å². The van der Waals surface area contributed by atoms with Crippen LogP contribution in [0.2, 0.25) is 0 Å². The number of benzene rings is 1. The highest BCUT2D eigenvalue weighted by molar-refractivity contribution is 7.08. The minimum Gasteiger partial charge on any atom is -0.466 e. The predicted molar refractivity (Wildman–Crippen MR) is 99.6 cm³/mol. The van der Waals surface area contributed by atoms with Crippen molar-refractivity contribution >= 4 is 28.1 Å². The summed E-state index contributed by atoms with van der Waals surface area (Å²) in [5.41, 5.74) is 0.702. The summed E-state index contributed by atoms with van der Waals surface area (Å²) in [6, 6.07) is 13.4. The van der Waals surface area contributed by atoms with Crippen molar-refractivity contribution in [1.29, 1.82) is 0 Å². The number of hydrogen-bond acceptors (Lipinski definition) is 6. The Bertz CT molecular complexity index is 979. The third kappa shape index (κ3) is 3.14. The molecule has 4 rings (SSSR count). The fourth-order valence-electron chi connectivity index (χ4n) is 2.66. The van der Waals surface area contributed by atoms with Crippen molar-refractivity contribution in [2.75, 3.05) is 11.9 Å². The molecule has 0 saturated heterocycles. The number of nitrogens with one attached hydrogen (secondary N) is 1. The van der Waals surface area contributed by atoms with E-state index in [0.29, 0.717) is 17.4 Å². The van der Waals surface area contributed by atoms with Crippen LogP contribution in [-0.4, -0.2) is 21.6 Å². The molecule has 126 valence electrons. The number of nitrogens with zero attached hydrogens (tertiary/aromatic N) is 2. The van der Waals surface area contributed by atoms with Crippen molar-refractivity contribution < 1.29 is 9.52 Å². The molecular formula is C19H17N3O2S. The molecule has 6 heteroatoms. The highest BCUT2D eigenvalue weighted by Crippen LogP contribution is 2.28. The van der Waals surface area contributed by atoms with Crippen LogP contribution < -0.4 is 5.32 Å². The lowest BCUT2D eigenvalue weighted by molar-refractivity contribution is 0.0476. The van der Waals surface area contributed by atoms with Crippen LogP contribution in [0.4, 0.5) is 5.82 Å². The zero-order valence-electron chi connectivity index (χ0n) is 13.6. The second-order valence-corrected chi connectivity index (χ2v) is 6.81. The van der Waals surface area contributed by atoms with Gasteiger partial charge in [0.1, 0.15) is 17.2 Å². The first kappa shape index (κ1) is 15.8. The van der Waals surface area contributed by atoms with Gasteiger partial charge < -0.3 is 14.8 Å². The minimum absolute atomic E-state index is 0.268. The fourth-order valence-corrected chi connectivity index (χ4v) is 3.29. The van der Waals surface area contributed by atoms with Gasteiger partial charge in [0.15, 0.2) is 5.82 Å². The number of furan rings is 1. The maximum atomic E-state index is 10.7. The first-order valence-corrected chi connectivity index (χ1v) is 8.87. The first-order valence-electron chi connectivity index (χ1n) is 7.93. The molecule has 25 heavy (non-hydrogen) atoms. The minimum atomic E-state index is -1.14. The number of aliphatic hydroxyl groups is 1. The van der Waals surface area contributed by atoms with Gasteiger partial charge in [-0.25, -0.2) is 9.97 Å². The van der Waals surface area contributed by atoms with Crippen molar-refractivity contribution in [2.24, 2.45) is 0 Å². The number of para-hydroxylation sites is 1. The number of anilines is 1. The average molecular weight is 351 g/mol. The van der Waals surface area contributed by atoms with E-state index >= 15 is 0 Å². The summed E-state index contributed by atoms with van der Waals surface area (Å²) in [5, 5.41) is 18.9. The van der Waals surface area contributed by atoms with Gasteiger partial charge in [0.05, 0.1) is 18.3 Å². The topological polar surface area (TPSA) is 71.2 Å². The van der Waals surface area contributed by atoms with Crippen LogP contribution >= 0.6 is 11.3 Å². The SMILES string of the molecule is CC(O)(CNc1nc(-c2ccsc2)nc2ccccc12)c1ccco1. The Labute approximate surface area is 149 Å². The zero-order valence-corrected chi connectivity index (χ0v) is 14.5. The Balaban J connectivity index is 1.71. The molecule has 1 unspecified atom stereocenters. The van der Waals surface area contributed by atoms with Crippen LogP contribution in [0.3, 0.4) is 0 Å². The molecule has 0 aliphatic carbocycles. The Morgan fingerprint density at radius 2 is 2.04 bits per heavy atom. The summed E-state index contributed by atoms with van der Waals surface area (Å²) in [7, 11) is 0. The van der Waals surface area contributed by atoms with E-state index in [1.54, 1.807) is 36.7 Å². The van der Waals surface area contributed by atoms with E-state index in [-0.39, 0.29) is 6.54 Å². The Hall–Kier alpha value is -2.70. The number of aromatic nitrogens is 2. The van der Waals surface area contributed by atoms with Crippen molar-refractivity contribution in [3.63, 3.8) is 0 Å². The van der Waals surface area contributed by atoms with E-state index in [0.717, 1.165) is 16.5 Å². The first-order chi connectivity index (χ1) is 12.1. The third-order valence-electron chi connectivity index (χ3n) is 4.03. The van der Waals surface area contributed by atoms with E-state index in [2.05, 4.69) is 15.3 Å². The average Bonchev–Trinajstić information content (AvgIpc) is 3.33. The maximum Gasteiger partial charge on any atom is 0.162 e. The maximum absolute atomic E-state index is 10.7. The third-order valence-corrected chi connectivity index (χ3v) is 4.72. The second-order valence-electron chi connectivity index (χ2n) is 6.03. The molecule has 0 fully saturated rings. The molecule has 4 aromatic rings. The van der Waals surface area contributed by atoms with Crippen LogP contribution in [0.1, 0.15) is 12.7 Å². The summed E-state index contributed by atoms with van der Waals surface area (Å²) < 4.78 is 5.34. The molecular weight excluding hydrogens is 334 g/mol. The lowest BCUT2D eigenvalue weighted by Gasteiger charge is -2.22. The largest absolute Gasteiger partial charge is 0.466 e. The predicted octanol–water partition coefficient (Wildman–Crippen LogP) is 4.27. The number of thiophene rings is 1. The van der Waals surface area contributed by atoms with E-state index in [1.165, 1.54) is 0 Å². The highest BCUT2D eigenvalue weighted by Gasteiger charge is 2.26. The van der Waals surface area contributed by atoms with Crippen LogP contribution in [0, 0.1) is 0 Å². The normalized spacial score (nSPS) is 13.7. The van der Waals surface area contributed by atoms with Crippen molar-refractivity contribution in [2.45, 2.75) is 12.5 Å². The lowest BCUT2D eigenvalue weighted by Crippen LogP contribution is -2.30. The molecule has 0 spiro atoms. The molecule has 0 aliphatic rings. The van der Waals surface area contributed by atoms with Gasteiger partial charge in [0.25, 0.3) is 0 Å². The summed E-state index contributed by atoms with van der Waals surface area (Å²) in [6.07, 6.45) is 1.55. The Morgan fingerprint density at radius 3 is 2.80 bits per heavy atom. The van der Waals surface area contributed by atoms with Crippen molar-refractivity contribution in [3.05, 3.63) is 65.2 Å². The van der Waals surface area contributed by atoms with Gasteiger partial charge in [-0.2, -0.15) is 11.3 Å². The summed E-state index contributed by atoms with van der Waals surface area (Å²) in [6.45, 7) is 1.98. The van der Waals surface area contributed by atoms with Crippen LogP contribution in [0.15, 0.2) is 63.9 Å². The molecule has 0 amide bonds. The number of rotatable bonds is 5. The van der Waals surface area contributed by atoms with Gasteiger partial charge in [-0.3, -0.25) is 0 Å². The van der Waals surface area contributed by atoms with Gasteiger partial charge in [-0.05, 0) is 42.6 Å². The summed E-state index contributed by atoms with van der Waals surface area (Å²) in [4.78, 5) is 9.32. The van der Waals surface area contributed by atoms with E-state index in [1.807, 2.05) is 41.1 Å². The van der Waals surface area contributed by atoms with Crippen LogP contribution in [0.25, 0.3) is 22.3 Å². The Kier molecular flexibility index (Phi) is 3.99. The molecule has 0 radical (unpaired) electrons. The van der Waals surface area contributed by atoms with E-state index < -0.39 is 5.60 Å². The monoisotopic (exact) mass is 351 g/mol. The van der Waals surface area contributed by atoms with E-state index in [4.69, 9.17) is 4.42 Å². The van der Waals surface area contributed by atoms with Crippen molar-refractivity contribution in [1.82, 2.24) is 9.97 Å². The summed E-state index contributed by atoms with van der Waals surface area (Å²) >= 11 is 1.61. The lowest BCUT2D eigenvalue weighted by atomic mass is 10.0. The summed E-state index contributed by atoms with van der Waals surface area (Å²) in [5.74, 6) is 1.87. The van der Waals surface area contributed by atoms with Gasteiger partial charge in [-0.1, -0.05) is 12.1 Å². The quantitative estimate of drug-likeness (QED) is 0.562. The fraction of sp³-hybridized carbons (Fsp3) is 0.158. The Morgan fingerprint density at radius 1 is 1.16 bits per heavy atom. The molecule has 0 bridgehead atoms. The molecule has 1 aromatic carbocycles. The zero-order chi connectivity index (χ0) is 17.3. The molecule has 5 nitrogen and oxygen atoms in total. The highest BCUT2D eigenvalue weighted by atomic mass is 32.1. The van der Waals surface area contributed by atoms with Crippen molar-refractivity contribution in [3.8, 4) is 11.4 Å². The number of hydrogen-bond donors (Lipinski definition) is 2. The molecule has 2 N–H and O–H groups in total. The molecule has 3 aromatic heterocycles. The number of fused-ring (bicyclic) bond motifs is 1. The van der Waals surface area contributed by atoms with Gasteiger partial charge in [0, 0.05) is 16.3 Å². The second kappa shape index (κ2) is 6.31. The smallest absolute Gasteiger partial charge is 0.162 e. The van der Waals surface area contributed by atoms with Gasteiger partial charge in [-0.15, -0.1) is 0 Å². The molecule has 1 atom stereocenters. The van der Waals surface area contributed by atoms with Crippen LogP contribution in [-0.2, 0) is 5.60 Å². The van der Waals surface area contributed by atoms with Crippen LogP contribution in [0.5, 0.6) is 0 Å². The molecule has 3 heterocycles. The molecule has 0 saturated carbocycles. The molecule has 0 aliphatic heterocycles. The van der Waals surface area contributed by atoms with Gasteiger partial charge >= 0.3 is 0 Å². The van der Waals surface area contributed by atoms with Gasteiger partial charge in [0.2, 0.25) is 0 Å². The standard InChI is InChI=1S/C19H17N3O2S/c1-19(23,16-7-4-9-24-16)12-20-18-14-5-2-3-6-15(14)21-17(22-18)13-8-10-25-11-13/h2-11,23H,12H2,1H3,(H,20,21,22).